The Labute approximate surface area is 177 Å². The molecule has 1 aliphatic rings. The van der Waals surface area contributed by atoms with Gasteiger partial charge in [-0.05, 0) is 24.3 Å². The summed E-state index contributed by atoms with van der Waals surface area (Å²) in [6.07, 6.45) is 2.36. The molecule has 0 radical (unpaired) electrons. The van der Waals surface area contributed by atoms with Crippen LogP contribution in [-0.2, 0) is 22.5 Å². The third-order valence-corrected chi connectivity index (χ3v) is 5.59. The zero-order valence-corrected chi connectivity index (χ0v) is 17.3. The van der Waals surface area contributed by atoms with Crippen molar-refractivity contribution < 1.29 is 13.9 Å². The molecule has 3 aromatic rings. The van der Waals surface area contributed by atoms with Crippen LogP contribution in [0.1, 0.15) is 18.0 Å². The Bertz CT molecular complexity index is 951. The van der Waals surface area contributed by atoms with Crippen molar-refractivity contribution >= 4 is 34.0 Å². The highest BCUT2D eigenvalue weighted by molar-refractivity contribution is 7.13. The van der Waals surface area contributed by atoms with Gasteiger partial charge in [0.2, 0.25) is 5.91 Å². The lowest BCUT2D eigenvalue weighted by atomic mass is 10.2. The summed E-state index contributed by atoms with van der Waals surface area (Å²) in [4.78, 5) is 23.3. The number of anilines is 1. The summed E-state index contributed by atoms with van der Waals surface area (Å²) in [5, 5.41) is 6.12. The van der Waals surface area contributed by atoms with Gasteiger partial charge in [-0.1, -0.05) is 11.6 Å². The van der Waals surface area contributed by atoms with Gasteiger partial charge in [-0.25, -0.2) is 9.97 Å². The van der Waals surface area contributed by atoms with Crippen LogP contribution in [0, 0.1) is 0 Å². The summed E-state index contributed by atoms with van der Waals surface area (Å²) in [5.74, 6) is 1.07. The molecule has 0 unspecified atom stereocenters. The van der Waals surface area contributed by atoms with Crippen LogP contribution in [0.25, 0.3) is 11.3 Å². The van der Waals surface area contributed by atoms with Crippen LogP contribution in [-0.4, -0.2) is 47.1 Å². The highest BCUT2D eigenvalue weighted by atomic mass is 35.5. The number of nitrogens with one attached hydrogen (secondary N) is 1. The van der Waals surface area contributed by atoms with E-state index in [1.807, 2.05) is 17.5 Å². The van der Waals surface area contributed by atoms with Gasteiger partial charge in [0.15, 0.2) is 16.8 Å². The van der Waals surface area contributed by atoms with Crippen molar-refractivity contribution in [3.8, 4) is 11.3 Å². The Morgan fingerprint density at radius 3 is 2.83 bits per heavy atom. The highest BCUT2D eigenvalue weighted by Gasteiger charge is 2.14. The van der Waals surface area contributed by atoms with Gasteiger partial charge in [-0.2, -0.15) is 0 Å². The molecule has 7 nitrogen and oxygen atoms in total. The van der Waals surface area contributed by atoms with E-state index in [-0.39, 0.29) is 12.3 Å². The number of rotatable bonds is 7. The first kappa shape index (κ1) is 20.0. The first-order valence-corrected chi connectivity index (χ1v) is 10.7. The number of oxazole rings is 1. The molecule has 1 aromatic carbocycles. The molecule has 0 spiro atoms. The number of halogens is 1. The lowest BCUT2D eigenvalue weighted by Gasteiger charge is -2.25. The number of carbonyl (C=O) groups is 1. The van der Waals surface area contributed by atoms with Gasteiger partial charge in [0.05, 0.1) is 25.1 Å². The topological polar surface area (TPSA) is 80.5 Å². The van der Waals surface area contributed by atoms with Gasteiger partial charge >= 0.3 is 0 Å². The minimum Gasteiger partial charge on any atom is -0.441 e. The number of ether oxygens (including phenoxy) is 1. The minimum absolute atomic E-state index is 0.108. The maximum atomic E-state index is 12.2. The smallest absolute Gasteiger partial charge is 0.226 e. The van der Waals surface area contributed by atoms with Crippen LogP contribution in [0.5, 0.6) is 0 Å². The molecule has 0 aliphatic carbocycles. The van der Waals surface area contributed by atoms with Crippen molar-refractivity contribution in [3.63, 3.8) is 0 Å². The lowest BCUT2D eigenvalue weighted by Crippen LogP contribution is -2.35. The Kier molecular flexibility index (Phi) is 6.56. The van der Waals surface area contributed by atoms with E-state index in [9.17, 15) is 4.79 Å². The summed E-state index contributed by atoms with van der Waals surface area (Å²) in [5.41, 5.74) is 1.86. The summed E-state index contributed by atoms with van der Waals surface area (Å²) >= 11 is 7.34. The van der Waals surface area contributed by atoms with E-state index in [1.54, 1.807) is 18.3 Å². The van der Waals surface area contributed by atoms with Gasteiger partial charge < -0.3 is 14.5 Å². The molecule has 1 N–H and O–H groups in total. The number of aromatic nitrogens is 2. The quantitative estimate of drug-likeness (QED) is 0.610. The second-order valence-electron chi connectivity index (χ2n) is 6.71. The molecule has 1 saturated heterocycles. The first-order valence-electron chi connectivity index (χ1n) is 9.41. The van der Waals surface area contributed by atoms with Gasteiger partial charge in [-0.15, -0.1) is 11.3 Å². The standard InChI is InChI=1S/C20H21ClN4O3S/c21-15-3-1-14(2-4-15)17-11-22-19(28-17)6-5-18(26)24-20-23-16(13-29-20)12-25-7-9-27-10-8-25/h1-4,11,13H,5-10,12H2,(H,23,24,26). The Balaban J connectivity index is 1.25. The number of benzene rings is 1. The number of hydrogen-bond donors (Lipinski definition) is 1. The minimum atomic E-state index is -0.108. The van der Waals surface area contributed by atoms with Gasteiger partial charge in [0.1, 0.15) is 0 Å². The van der Waals surface area contributed by atoms with Crippen LogP contribution < -0.4 is 5.32 Å². The second kappa shape index (κ2) is 9.49. The predicted molar refractivity (Wildman–Crippen MR) is 112 cm³/mol. The average Bonchev–Trinajstić information content (AvgIpc) is 3.37. The predicted octanol–water partition coefficient (Wildman–Crippen LogP) is 3.86. The van der Waals surface area contributed by atoms with Gasteiger partial charge in [0.25, 0.3) is 0 Å². The molecule has 0 atom stereocenters. The van der Waals surface area contributed by atoms with Crippen LogP contribution >= 0.6 is 22.9 Å². The zero-order valence-electron chi connectivity index (χ0n) is 15.8. The molecule has 152 valence electrons. The second-order valence-corrected chi connectivity index (χ2v) is 8.00. The van der Waals surface area contributed by atoms with Crippen LogP contribution in [0.3, 0.4) is 0 Å². The van der Waals surface area contributed by atoms with Crippen LogP contribution in [0.2, 0.25) is 5.02 Å². The van der Waals surface area contributed by atoms with E-state index in [0.717, 1.165) is 44.1 Å². The molecule has 3 heterocycles. The van der Waals surface area contributed by atoms with E-state index >= 15 is 0 Å². The fraction of sp³-hybridized carbons (Fsp3) is 0.350. The first-order chi connectivity index (χ1) is 14.2. The Morgan fingerprint density at radius 1 is 1.24 bits per heavy atom. The molecule has 1 aliphatic heterocycles. The van der Waals surface area contributed by atoms with Gasteiger partial charge in [-0.3, -0.25) is 9.69 Å². The van der Waals surface area contributed by atoms with Gasteiger partial charge in [0, 0.05) is 48.4 Å². The molecular formula is C20H21ClN4O3S. The van der Waals surface area contributed by atoms with Crippen LogP contribution in [0.15, 0.2) is 40.3 Å². The number of amides is 1. The van der Waals surface area contributed by atoms with Crippen molar-refractivity contribution in [3.05, 3.63) is 52.4 Å². The maximum absolute atomic E-state index is 12.2. The average molecular weight is 433 g/mol. The monoisotopic (exact) mass is 432 g/mol. The number of aryl methyl sites for hydroxylation is 1. The number of carbonyl (C=O) groups excluding carboxylic acids is 1. The van der Waals surface area contributed by atoms with Crippen LogP contribution in [0.4, 0.5) is 5.13 Å². The summed E-state index contributed by atoms with van der Waals surface area (Å²) in [6.45, 7) is 4.11. The Hall–Kier alpha value is -2.26. The number of nitrogens with zero attached hydrogens (tertiary/aromatic N) is 3. The van der Waals surface area contributed by atoms with Crippen molar-refractivity contribution in [2.24, 2.45) is 0 Å². The SMILES string of the molecule is O=C(CCc1ncc(-c2ccc(Cl)cc2)o1)Nc1nc(CN2CCOCC2)cs1. The number of hydrogen-bond acceptors (Lipinski definition) is 7. The highest BCUT2D eigenvalue weighted by Crippen LogP contribution is 2.23. The van der Waals surface area contributed by atoms with Crippen molar-refractivity contribution in [1.82, 2.24) is 14.9 Å². The molecule has 9 heteroatoms. The van der Waals surface area contributed by atoms with Crippen molar-refractivity contribution in [1.29, 1.82) is 0 Å². The maximum Gasteiger partial charge on any atom is 0.226 e. The fourth-order valence-electron chi connectivity index (χ4n) is 3.00. The molecule has 29 heavy (non-hydrogen) atoms. The zero-order chi connectivity index (χ0) is 20.1. The van der Waals surface area contributed by atoms with E-state index in [1.165, 1.54) is 11.3 Å². The van der Waals surface area contributed by atoms with E-state index < -0.39 is 0 Å². The largest absolute Gasteiger partial charge is 0.441 e. The molecule has 2 aromatic heterocycles. The molecule has 1 fully saturated rings. The molecule has 0 saturated carbocycles. The van der Waals surface area contributed by atoms with E-state index in [4.69, 9.17) is 20.8 Å². The summed E-state index contributed by atoms with van der Waals surface area (Å²) in [7, 11) is 0. The number of thiazole rings is 1. The van der Waals surface area contributed by atoms with Crippen molar-refractivity contribution in [2.75, 3.05) is 31.6 Å². The van der Waals surface area contributed by atoms with Crippen molar-refractivity contribution in [2.45, 2.75) is 19.4 Å². The summed E-state index contributed by atoms with van der Waals surface area (Å²) < 4.78 is 11.1. The molecule has 4 rings (SSSR count). The normalized spacial score (nSPS) is 14.8. The third kappa shape index (κ3) is 5.63. The fourth-order valence-corrected chi connectivity index (χ4v) is 3.84. The molecular weight excluding hydrogens is 412 g/mol. The van der Waals surface area contributed by atoms with E-state index in [2.05, 4.69) is 20.2 Å². The molecule has 0 bridgehead atoms. The third-order valence-electron chi connectivity index (χ3n) is 4.54. The molecule has 1 amide bonds. The summed E-state index contributed by atoms with van der Waals surface area (Å²) in [6, 6.07) is 7.34. The number of morpholine rings is 1. The lowest BCUT2D eigenvalue weighted by molar-refractivity contribution is -0.116. The van der Waals surface area contributed by atoms with E-state index in [0.29, 0.717) is 28.2 Å². The Morgan fingerprint density at radius 2 is 2.03 bits per heavy atom.